The summed E-state index contributed by atoms with van der Waals surface area (Å²) in [6.07, 6.45) is 5.43. The van der Waals surface area contributed by atoms with Crippen LogP contribution in [0, 0.1) is 15.2 Å². The van der Waals surface area contributed by atoms with Gasteiger partial charge in [-0.1, -0.05) is 6.92 Å². The second-order valence-corrected chi connectivity index (χ2v) is 7.19. The molecule has 2 aromatic rings. The normalized spacial score (nSPS) is 22.6. The highest BCUT2D eigenvalue weighted by atomic mass is 127. The van der Waals surface area contributed by atoms with E-state index in [1.165, 1.54) is 12.1 Å². The highest BCUT2D eigenvalue weighted by Crippen LogP contribution is 2.39. The van der Waals surface area contributed by atoms with E-state index < -0.39 is 11.6 Å². The van der Waals surface area contributed by atoms with Crippen molar-refractivity contribution < 1.29 is 8.78 Å². The highest BCUT2D eigenvalue weighted by molar-refractivity contribution is 14.1. The number of rotatable bonds is 3. The van der Waals surface area contributed by atoms with Crippen molar-refractivity contribution in [2.75, 3.05) is 25.2 Å². The molecule has 0 radical (unpaired) electrons. The zero-order valence-corrected chi connectivity index (χ0v) is 15.3. The standard InChI is InChI=1S/C16H19F2IN4/c1-3-16(11-8-20-21-9-11)4-5-23(10-22(16)2)15-13(17)6-12(19)7-14(15)18/h6-9H,3-5,10H2,1-2H3,(H,20,21)/t16-/m0/s1. The maximum Gasteiger partial charge on any atom is 0.150 e. The first kappa shape index (κ1) is 16.6. The summed E-state index contributed by atoms with van der Waals surface area (Å²) >= 11 is 1.92. The van der Waals surface area contributed by atoms with Crippen LogP contribution >= 0.6 is 22.6 Å². The Hall–Kier alpha value is -1.22. The predicted molar refractivity (Wildman–Crippen MR) is 94.2 cm³/mol. The van der Waals surface area contributed by atoms with E-state index in [2.05, 4.69) is 22.0 Å². The number of H-pyrrole nitrogens is 1. The van der Waals surface area contributed by atoms with Gasteiger partial charge in [0, 0.05) is 21.9 Å². The number of aromatic amines is 1. The van der Waals surface area contributed by atoms with Crippen molar-refractivity contribution in [3.05, 3.63) is 45.3 Å². The van der Waals surface area contributed by atoms with Crippen LogP contribution in [0.2, 0.25) is 0 Å². The molecular weight excluding hydrogens is 413 g/mol. The van der Waals surface area contributed by atoms with E-state index in [-0.39, 0.29) is 11.2 Å². The van der Waals surface area contributed by atoms with Gasteiger partial charge in [-0.15, -0.1) is 0 Å². The fourth-order valence-corrected chi connectivity index (χ4v) is 4.06. The molecule has 0 bridgehead atoms. The van der Waals surface area contributed by atoms with E-state index in [1.807, 2.05) is 42.0 Å². The van der Waals surface area contributed by atoms with Gasteiger partial charge < -0.3 is 4.90 Å². The zero-order valence-electron chi connectivity index (χ0n) is 13.1. The lowest BCUT2D eigenvalue weighted by Gasteiger charge is -2.49. The van der Waals surface area contributed by atoms with Crippen LogP contribution in [0.4, 0.5) is 14.5 Å². The molecule has 124 valence electrons. The Balaban J connectivity index is 1.90. The van der Waals surface area contributed by atoms with Crippen LogP contribution in [-0.4, -0.2) is 35.4 Å². The van der Waals surface area contributed by atoms with Crippen molar-refractivity contribution in [2.24, 2.45) is 0 Å². The second kappa shape index (κ2) is 6.35. The van der Waals surface area contributed by atoms with E-state index in [1.54, 1.807) is 4.90 Å². The van der Waals surface area contributed by atoms with Crippen LogP contribution in [0.15, 0.2) is 24.5 Å². The van der Waals surface area contributed by atoms with E-state index in [9.17, 15) is 8.78 Å². The van der Waals surface area contributed by atoms with Crippen LogP contribution in [0.5, 0.6) is 0 Å². The summed E-state index contributed by atoms with van der Waals surface area (Å²) in [5, 5.41) is 6.92. The molecule has 0 aliphatic carbocycles. The molecule has 3 rings (SSSR count). The Morgan fingerprint density at radius 3 is 2.57 bits per heavy atom. The number of aromatic nitrogens is 2. The Kier molecular flexibility index (Phi) is 4.59. The SMILES string of the molecule is CC[C@@]1(c2cn[nH]c2)CCN(c2c(F)cc(I)cc2F)CN1C. The molecule has 1 aliphatic rings. The number of halogens is 3. The van der Waals surface area contributed by atoms with Gasteiger partial charge in [0.05, 0.1) is 18.4 Å². The average molecular weight is 432 g/mol. The lowest BCUT2D eigenvalue weighted by atomic mass is 9.83. The van der Waals surface area contributed by atoms with Crippen molar-refractivity contribution in [1.29, 1.82) is 0 Å². The van der Waals surface area contributed by atoms with Crippen molar-refractivity contribution in [3.8, 4) is 0 Å². The minimum absolute atomic E-state index is 0.0640. The molecule has 2 heterocycles. The van der Waals surface area contributed by atoms with E-state index in [4.69, 9.17) is 0 Å². The third-order valence-corrected chi connectivity index (χ3v) is 5.45. The van der Waals surface area contributed by atoms with Crippen molar-refractivity contribution in [2.45, 2.75) is 25.3 Å². The summed E-state index contributed by atoms with van der Waals surface area (Å²) in [6, 6.07) is 2.74. The molecule has 1 saturated heterocycles. The average Bonchev–Trinajstić information content (AvgIpc) is 3.01. The number of nitrogens with zero attached hydrogens (tertiary/aromatic N) is 3. The molecule has 1 aromatic carbocycles. The molecule has 1 aliphatic heterocycles. The molecule has 1 atom stereocenters. The molecule has 23 heavy (non-hydrogen) atoms. The summed E-state index contributed by atoms with van der Waals surface area (Å²) in [7, 11) is 1.99. The monoisotopic (exact) mass is 432 g/mol. The van der Waals surface area contributed by atoms with Gasteiger partial charge in [0.2, 0.25) is 0 Å². The van der Waals surface area contributed by atoms with Gasteiger partial charge in [-0.3, -0.25) is 10.00 Å². The maximum absolute atomic E-state index is 14.3. The van der Waals surface area contributed by atoms with E-state index in [0.717, 1.165) is 18.4 Å². The largest absolute Gasteiger partial charge is 0.354 e. The number of nitrogens with one attached hydrogen (secondary N) is 1. The summed E-state index contributed by atoms with van der Waals surface area (Å²) in [5.74, 6) is -1.01. The third-order valence-electron chi connectivity index (χ3n) is 4.83. The number of benzene rings is 1. The van der Waals surface area contributed by atoms with Crippen LogP contribution in [0.25, 0.3) is 0 Å². The molecule has 0 saturated carbocycles. The molecule has 0 spiro atoms. The number of hydrogen-bond donors (Lipinski definition) is 1. The lowest BCUT2D eigenvalue weighted by molar-refractivity contribution is 0.0762. The van der Waals surface area contributed by atoms with E-state index >= 15 is 0 Å². The van der Waals surface area contributed by atoms with Crippen LogP contribution in [0.3, 0.4) is 0 Å². The first-order chi connectivity index (χ1) is 11.0. The van der Waals surface area contributed by atoms with Gasteiger partial charge in [-0.25, -0.2) is 8.78 Å². The molecule has 7 heteroatoms. The second-order valence-electron chi connectivity index (χ2n) is 5.94. The number of anilines is 1. The first-order valence-corrected chi connectivity index (χ1v) is 8.66. The third kappa shape index (κ3) is 2.84. The van der Waals surface area contributed by atoms with Gasteiger partial charge >= 0.3 is 0 Å². The van der Waals surface area contributed by atoms with Crippen LogP contribution < -0.4 is 4.90 Å². The van der Waals surface area contributed by atoms with Crippen molar-refractivity contribution >= 4 is 28.3 Å². The molecular formula is C16H19F2IN4. The molecule has 4 nitrogen and oxygen atoms in total. The molecule has 1 fully saturated rings. The summed E-state index contributed by atoms with van der Waals surface area (Å²) in [5.41, 5.74) is 1.03. The predicted octanol–water partition coefficient (Wildman–Crippen LogP) is 3.70. The summed E-state index contributed by atoms with van der Waals surface area (Å²) in [4.78, 5) is 3.92. The maximum atomic E-state index is 14.3. The smallest absolute Gasteiger partial charge is 0.150 e. The van der Waals surface area contributed by atoms with Crippen molar-refractivity contribution in [1.82, 2.24) is 15.1 Å². The molecule has 0 amide bonds. The van der Waals surface area contributed by atoms with Gasteiger partial charge in [-0.2, -0.15) is 5.10 Å². The Bertz CT molecular complexity index is 668. The molecule has 0 unspecified atom stereocenters. The highest BCUT2D eigenvalue weighted by Gasteiger charge is 2.40. The fourth-order valence-electron chi connectivity index (χ4n) is 3.51. The lowest BCUT2D eigenvalue weighted by Crippen LogP contribution is -2.55. The van der Waals surface area contributed by atoms with Gasteiger partial charge in [0.1, 0.15) is 5.69 Å². The van der Waals surface area contributed by atoms with Gasteiger partial charge in [0.25, 0.3) is 0 Å². The van der Waals surface area contributed by atoms with Crippen molar-refractivity contribution in [3.63, 3.8) is 0 Å². The summed E-state index contributed by atoms with van der Waals surface area (Å²) in [6.45, 7) is 3.19. The Morgan fingerprint density at radius 2 is 2.04 bits per heavy atom. The quantitative estimate of drug-likeness (QED) is 0.752. The van der Waals surface area contributed by atoms with Crippen LogP contribution in [-0.2, 0) is 5.54 Å². The number of hydrogen-bond acceptors (Lipinski definition) is 3. The van der Waals surface area contributed by atoms with Crippen LogP contribution in [0.1, 0.15) is 25.3 Å². The topological polar surface area (TPSA) is 35.2 Å². The Morgan fingerprint density at radius 1 is 1.35 bits per heavy atom. The first-order valence-electron chi connectivity index (χ1n) is 7.58. The Labute approximate surface area is 148 Å². The minimum Gasteiger partial charge on any atom is -0.354 e. The van der Waals surface area contributed by atoms with Gasteiger partial charge in [0.15, 0.2) is 11.6 Å². The van der Waals surface area contributed by atoms with E-state index in [0.29, 0.717) is 16.8 Å². The molecule has 1 aromatic heterocycles. The minimum atomic E-state index is -0.505. The molecule has 1 N–H and O–H groups in total. The summed E-state index contributed by atoms with van der Waals surface area (Å²) < 4.78 is 29.1. The van der Waals surface area contributed by atoms with Gasteiger partial charge in [-0.05, 0) is 54.6 Å². The fraction of sp³-hybridized carbons (Fsp3) is 0.438. The zero-order chi connectivity index (χ0) is 16.6.